The minimum atomic E-state index is 0.266. The van der Waals surface area contributed by atoms with Crippen LogP contribution in [0.25, 0.3) is 0 Å². The number of hydrogen-bond acceptors (Lipinski definition) is 4. The molecule has 3 aliphatic heterocycles. The molecule has 2 fully saturated rings. The Balaban J connectivity index is 1.37. The summed E-state index contributed by atoms with van der Waals surface area (Å²) in [6.45, 7) is 2.09. The van der Waals surface area contributed by atoms with Crippen molar-refractivity contribution < 1.29 is 4.74 Å². The third-order valence-corrected chi connectivity index (χ3v) is 5.75. The topological polar surface area (TPSA) is 24.5 Å². The summed E-state index contributed by atoms with van der Waals surface area (Å²) in [5.41, 5.74) is 5.17. The SMILES string of the molecule is C1=C(\CCOC2CC3CCCCN3N2)CCCSCC/1. The summed E-state index contributed by atoms with van der Waals surface area (Å²) < 4.78 is 6.07. The van der Waals surface area contributed by atoms with Gasteiger partial charge in [-0.25, -0.2) is 10.4 Å². The molecule has 0 amide bonds. The van der Waals surface area contributed by atoms with Crippen LogP contribution in [0, 0.1) is 0 Å². The van der Waals surface area contributed by atoms with Gasteiger partial charge in [-0.2, -0.15) is 11.8 Å². The van der Waals surface area contributed by atoms with E-state index in [1.807, 2.05) is 0 Å². The van der Waals surface area contributed by atoms with Crippen LogP contribution in [-0.4, -0.2) is 41.9 Å². The Morgan fingerprint density at radius 1 is 1.30 bits per heavy atom. The Bertz CT molecular complexity index is 320. The van der Waals surface area contributed by atoms with Crippen molar-refractivity contribution in [3.05, 3.63) is 11.6 Å². The van der Waals surface area contributed by atoms with Crippen LogP contribution in [-0.2, 0) is 4.74 Å². The Labute approximate surface area is 127 Å². The zero-order valence-corrected chi connectivity index (χ0v) is 13.3. The quantitative estimate of drug-likeness (QED) is 0.804. The molecule has 3 nitrogen and oxygen atoms in total. The van der Waals surface area contributed by atoms with Crippen molar-refractivity contribution in [2.45, 2.75) is 63.6 Å². The molecule has 0 spiro atoms. The van der Waals surface area contributed by atoms with Gasteiger partial charge in [0.1, 0.15) is 6.23 Å². The maximum atomic E-state index is 6.07. The van der Waals surface area contributed by atoms with Gasteiger partial charge in [0.2, 0.25) is 0 Å². The van der Waals surface area contributed by atoms with E-state index in [0.717, 1.165) is 19.1 Å². The summed E-state index contributed by atoms with van der Waals surface area (Å²) in [4.78, 5) is 0. The lowest BCUT2D eigenvalue weighted by atomic mass is 10.0. The largest absolute Gasteiger partial charge is 0.362 e. The summed E-state index contributed by atoms with van der Waals surface area (Å²) in [6.07, 6.45) is 13.0. The number of ether oxygens (including phenoxy) is 1. The van der Waals surface area contributed by atoms with E-state index in [-0.39, 0.29) is 6.23 Å². The van der Waals surface area contributed by atoms with Crippen molar-refractivity contribution >= 4 is 11.8 Å². The van der Waals surface area contributed by atoms with Crippen molar-refractivity contribution in [3.63, 3.8) is 0 Å². The second-order valence-electron chi connectivity index (χ2n) is 6.18. The van der Waals surface area contributed by atoms with E-state index in [1.165, 1.54) is 63.0 Å². The standard InChI is InChI=1S/C16H28N2OS/c1-2-9-18-15(7-1)13-16(17-18)19-10-8-14-5-3-11-20-12-4-6-14/h5,15-17H,1-4,6-13H2/b14-5-. The predicted octanol–water partition coefficient (Wildman–Crippen LogP) is 3.33. The summed E-state index contributed by atoms with van der Waals surface area (Å²) >= 11 is 2.10. The normalized spacial score (nSPS) is 34.9. The van der Waals surface area contributed by atoms with Crippen LogP contribution in [0.2, 0.25) is 0 Å². The molecule has 3 heterocycles. The first kappa shape index (κ1) is 14.9. The van der Waals surface area contributed by atoms with Crippen LogP contribution in [0.15, 0.2) is 11.6 Å². The highest BCUT2D eigenvalue weighted by atomic mass is 32.2. The van der Waals surface area contributed by atoms with E-state index >= 15 is 0 Å². The lowest BCUT2D eigenvalue weighted by Gasteiger charge is -2.28. The van der Waals surface area contributed by atoms with E-state index in [4.69, 9.17) is 4.74 Å². The zero-order valence-electron chi connectivity index (χ0n) is 12.5. The van der Waals surface area contributed by atoms with Gasteiger partial charge >= 0.3 is 0 Å². The van der Waals surface area contributed by atoms with E-state index < -0.39 is 0 Å². The average Bonchev–Trinajstić information content (AvgIpc) is 2.83. The number of rotatable bonds is 4. The summed E-state index contributed by atoms with van der Waals surface area (Å²) in [7, 11) is 0. The molecule has 4 heteroatoms. The van der Waals surface area contributed by atoms with Crippen LogP contribution >= 0.6 is 11.8 Å². The van der Waals surface area contributed by atoms with Crippen LogP contribution < -0.4 is 5.43 Å². The van der Waals surface area contributed by atoms with E-state index in [0.29, 0.717) is 0 Å². The van der Waals surface area contributed by atoms with Gasteiger partial charge in [-0.05, 0) is 50.0 Å². The number of nitrogens with one attached hydrogen (secondary N) is 1. The lowest BCUT2D eigenvalue weighted by Crippen LogP contribution is -2.42. The number of allylic oxidation sites excluding steroid dienone is 1. The molecular weight excluding hydrogens is 268 g/mol. The van der Waals surface area contributed by atoms with Gasteiger partial charge in [-0.15, -0.1) is 0 Å². The molecule has 3 aliphatic rings. The molecule has 0 aliphatic carbocycles. The molecule has 2 atom stereocenters. The molecule has 0 aromatic rings. The van der Waals surface area contributed by atoms with Gasteiger partial charge in [0.25, 0.3) is 0 Å². The Kier molecular flexibility index (Phi) is 5.83. The highest BCUT2D eigenvalue weighted by molar-refractivity contribution is 7.99. The molecule has 3 rings (SSSR count). The summed E-state index contributed by atoms with van der Waals surface area (Å²) in [5.74, 6) is 2.63. The van der Waals surface area contributed by atoms with Crippen LogP contribution in [0.3, 0.4) is 0 Å². The van der Waals surface area contributed by atoms with E-state index in [2.05, 4.69) is 28.3 Å². The minimum absolute atomic E-state index is 0.266. The van der Waals surface area contributed by atoms with E-state index in [1.54, 1.807) is 5.57 Å². The van der Waals surface area contributed by atoms with Crippen LogP contribution in [0.4, 0.5) is 0 Å². The molecule has 2 unspecified atom stereocenters. The fourth-order valence-electron chi connectivity index (χ4n) is 3.52. The molecule has 0 aromatic carbocycles. The third kappa shape index (κ3) is 4.23. The number of thioether (sulfide) groups is 1. The molecule has 0 saturated carbocycles. The predicted molar refractivity (Wildman–Crippen MR) is 85.7 cm³/mol. The van der Waals surface area contributed by atoms with Crippen molar-refractivity contribution in [1.82, 2.24) is 10.4 Å². The molecule has 114 valence electrons. The van der Waals surface area contributed by atoms with E-state index in [9.17, 15) is 0 Å². The number of hydrogen-bond donors (Lipinski definition) is 1. The molecule has 2 saturated heterocycles. The first-order valence-corrected chi connectivity index (χ1v) is 9.47. The molecular formula is C16H28N2OS. The fourth-order valence-corrected chi connectivity index (χ4v) is 4.35. The van der Waals surface area contributed by atoms with Crippen LogP contribution in [0.5, 0.6) is 0 Å². The maximum absolute atomic E-state index is 6.07. The first-order chi connectivity index (χ1) is 9.92. The molecule has 0 radical (unpaired) electrons. The number of piperidine rings is 1. The monoisotopic (exact) mass is 296 g/mol. The smallest absolute Gasteiger partial charge is 0.122 e. The Hall–Kier alpha value is -0.0300. The second kappa shape index (κ2) is 7.83. The average molecular weight is 296 g/mol. The molecule has 0 bridgehead atoms. The van der Waals surface area contributed by atoms with Crippen molar-refractivity contribution in [2.75, 3.05) is 24.7 Å². The minimum Gasteiger partial charge on any atom is -0.362 e. The number of fused-ring (bicyclic) bond motifs is 1. The lowest BCUT2D eigenvalue weighted by molar-refractivity contribution is 0.0162. The first-order valence-electron chi connectivity index (χ1n) is 8.32. The summed E-state index contributed by atoms with van der Waals surface area (Å²) in [6, 6.07) is 0.728. The second-order valence-corrected chi connectivity index (χ2v) is 7.41. The molecule has 1 N–H and O–H groups in total. The van der Waals surface area contributed by atoms with Gasteiger partial charge in [-0.3, -0.25) is 0 Å². The Morgan fingerprint density at radius 2 is 2.30 bits per heavy atom. The molecule has 20 heavy (non-hydrogen) atoms. The maximum Gasteiger partial charge on any atom is 0.122 e. The van der Waals surface area contributed by atoms with Crippen molar-refractivity contribution in [3.8, 4) is 0 Å². The van der Waals surface area contributed by atoms with Crippen molar-refractivity contribution in [1.29, 1.82) is 0 Å². The highest BCUT2D eigenvalue weighted by Crippen LogP contribution is 2.25. The molecule has 0 aromatic heterocycles. The van der Waals surface area contributed by atoms with Gasteiger partial charge < -0.3 is 4.74 Å². The Morgan fingerprint density at radius 3 is 3.25 bits per heavy atom. The third-order valence-electron chi connectivity index (χ3n) is 4.65. The summed E-state index contributed by atoms with van der Waals surface area (Å²) in [5, 5.41) is 2.42. The fraction of sp³-hybridized carbons (Fsp3) is 0.875. The van der Waals surface area contributed by atoms with Gasteiger partial charge in [-0.1, -0.05) is 18.1 Å². The van der Waals surface area contributed by atoms with Crippen LogP contribution in [0.1, 0.15) is 51.4 Å². The number of nitrogens with zero attached hydrogens (tertiary/aromatic N) is 1. The van der Waals surface area contributed by atoms with Gasteiger partial charge in [0.15, 0.2) is 0 Å². The highest BCUT2D eigenvalue weighted by Gasteiger charge is 2.33. The zero-order chi connectivity index (χ0) is 13.6. The van der Waals surface area contributed by atoms with Gasteiger partial charge in [0, 0.05) is 19.0 Å². The van der Waals surface area contributed by atoms with Gasteiger partial charge in [0.05, 0.1) is 6.61 Å². The van der Waals surface area contributed by atoms with Crippen molar-refractivity contribution in [2.24, 2.45) is 0 Å². The number of hydrazine groups is 1.